The molecule has 0 atom stereocenters. The van der Waals surface area contributed by atoms with Gasteiger partial charge in [0.1, 0.15) is 5.75 Å². The van der Waals surface area contributed by atoms with E-state index in [1.54, 1.807) is 11.8 Å². The molecule has 0 radical (unpaired) electrons. The highest BCUT2D eigenvalue weighted by molar-refractivity contribution is 7.99. The highest BCUT2D eigenvalue weighted by atomic mass is 35.5. The fourth-order valence-corrected chi connectivity index (χ4v) is 3.15. The van der Waals surface area contributed by atoms with Crippen LogP contribution in [0.1, 0.15) is 12.0 Å². The Kier molecular flexibility index (Phi) is 6.09. The lowest BCUT2D eigenvalue weighted by Crippen LogP contribution is -1.99. The van der Waals surface area contributed by atoms with Gasteiger partial charge in [0.05, 0.1) is 16.7 Å². The molecule has 0 unspecified atom stereocenters. The first kappa shape index (κ1) is 16.3. The van der Waals surface area contributed by atoms with Gasteiger partial charge in [-0.2, -0.15) is 0 Å². The van der Waals surface area contributed by atoms with Crippen molar-refractivity contribution in [2.24, 2.45) is 0 Å². The molecule has 1 N–H and O–H groups in total. The van der Waals surface area contributed by atoms with Gasteiger partial charge in [-0.15, -0.1) is 11.8 Å². The Bertz CT molecular complexity index is 577. The van der Waals surface area contributed by atoms with Gasteiger partial charge in [-0.25, -0.2) is 0 Å². The van der Waals surface area contributed by atoms with E-state index < -0.39 is 0 Å². The number of aryl methyl sites for hydroxylation is 1. The summed E-state index contributed by atoms with van der Waals surface area (Å²) in [6.45, 7) is 2.61. The first-order valence-electron chi connectivity index (χ1n) is 6.56. The van der Waals surface area contributed by atoms with E-state index in [1.165, 1.54) is 22.6 Å². The summed E-state index contributed by atoms with van der Waals surface area (Å²) in [6.07, 6.45) is 0.881. The summed E-state index contributed by atoms with van der Waals surface area (Å²) in [5.41, 5.74) is 1.26. The number of phenolic OH excluding ortho intramolecular Hbond substituents is 1. The normalized spacial score (nSPS) is 10.6. The highest BCUT2D eigenvalue weighted by Crippen LogP contribution is 2.36. The zero-order valence-electron chi connectivity index (χ0n) is 11.6. The SMILES string of the molecule is Cc1ccc(SCCCOc2c(Cl)cc(O)cc2Cl)cc1. The molecule has 0 aliphatic heterocycles. The van der Waals surface area contributed by atoms with Crippen LogP contribution >= 0.6 is 35.0 Å². The third-order valence-corrected chi connectivity index (χ3v) is 4.47. The van der Waals surface area contributed by atoms with E-state index >= 15 is 0 Å². The van der Waals surface area contributed by atoms with Crippen LogP contribution < -0.4 is 4.74 Å². The molecule has 2 aromatic carbocycles. The maximum atomic E-state index is 9.35. The van der Waals surface area contributed by atoms with Gasteiger partial charge in [0.15, 0.2) is 5.75 Å². The lowest BCUT2D eigenvalue weighted by Gasteiger charge is -2.10. The number of thioether (sulfide) groups is 1. The quantitative estimate of drug-likeness (QED) is 0.549. The van der Waals surface area contributed by atoms with Crippen LogP contribution in [0.5, 0.6) is 11.5 Å². The molecule has 0 saturated heterocycles. The monoisotopic (exact) mass is 342 g/mol. The molecule has 0 aliphatic rings. The summed E-state index contributed by atoms with van der Waals surface area (Å²) >= 11 is 13.8. The van der Waals surface area contributed by atoms with Crippen LogP contribution in [0.2, 0.25) is 10.0 Å². The van der Waals surface area contributed by atoms with E-state index in [0.29, 0.717) is 22.4 Å². The standard InChI is InChI=1S/C16H16Cl2O2S/c1-11-3-5-13(6-4-11)21-8-2-7-20-16-14(17)9-12(19)10-15(16)18/h3-6,9-10,19H,2,7-8H2,1H3. The van der Waals surface area contributed by atoms with Crippen molar-refractivity contribution in [1.82, 2.24) is 0 Å². The summed E-state index contributed by atoms with van der Waals surface area (Å²) in [6, 6.07) is 11.3. The van der Waals surface area contributed by atoms with E-state index in [4.69, 9.17) is 27.9 Å². The second-order valence-corrected chi connectivity index (χ2v) is 6.58. The van der Waals surface area contributed by atoms with Crippen molar-refractivity contribution in [2.45, 2.75) is 18.2 Å². The molecule has 5 heteroatoms. The second-order valence-electron chi connectivity index (χ2n) is 4.60. The zero-order valence-corrected chi connectivity index (χ0v) is 13.9. The minimum atomic E-state index is 0.0345. The highest BCUT2D eigenvalue weighted by Gasteiger charge is 2.09. The van der Waals surface area contributed by atoms with Crippen LogP contribution in [0, 0.1) is 6.92 Å². The molecule has 0 bridgehead atoms. The van der Waals surface area contributed by atoms with Gasteiger partial charge < -0.3 is 9.84 Å². The lowest BCUT2D eigenvalue weighted by molar-refractivity contribution is 0.318. The van der Waals surface area contributed by atoms with Crippen molar-refractivity contribution in [3.63, 3.8) is 0 Å². The van der Waals surface area contributed by atoms with Gasteiger partial charge in [-0.1, -0.05) is 40.9 Å². The van der Waals surface area contributed by atoms with Gasteiger partial charge in [0, 0.05) is 22.8 Å². The van der Waals surface area contributed by atoms with Crippen molar-refractivity contribution >= 4 is 35.0 Å². The molecule has 2 aromatic rings. The van der Waals surface area contributed by atoms with Crippen LogP contribution in [0.15, 0.2) is 41.3 Å². The molecule has 2 nitrogen and oxygen atoms in total. The molecule has 0 aliphatic carbocycles. The average Bonchev–Trinajstić information content (AvgIpc) is 2.43. The van der Waals surface area contributed by atoms with Gasteiger partial charge in [-0.3, -0.25) is 0 Å². The number of hydrogen-bond acceptors (Lipinski definition) is 3. The first-order valence-corrected chi connectivity index (χ1v) is 8.30. The van der Waals surface area contributed by atoms with Crippen molar-refractivity contribution in [2.75, 3.05) is 12.4 Å². The Morgan fingerprint density at radius 1 is 1.10 bits per heavy atom. The molecule has 21 heavy (non-hydrogen) atoms. The van der Waals surface area contributed by atoms with Crippen LogP contribution in [-0.4, -0.2) is 17.5 Å². The number of hydrogen-bond donors (Lipinski definition) is 1. The number of halogens is 2. The van der Waals surface area contributed by atoms with E-state index in [0.717, 1.165) is 12.2 Å². The number of aromatic hydroxyl groups is 1. The van der Waals surface area contributed by atoms with Gasteiger partial charge >= 0.3 is 0 Å². The molecule has 0 amide bonds. The van der Waals surface area contributed by atoms with Crippen molar-refractivity contribution in [1.29, 1.82) is 0 Å². The molecule has 112 valence electrons. The van der Waals surface area contributed by atoms with Crippen LogP contribution in [0.25, 0.3) is 0 Å². The van der Waals surface area contributed by atoms with Gasteiger partial charge in [0.25, 0.3) is 0 Å². The summed E-state index contributed by atoms with van der Waals surface area (Å²) in [5.74, 6) is 1.42. The largest absolute Gasteiger partial charge is 0.508 e. The average molecular weight is 343 g/mol. The van der Waals surface area contributed by atoms with Crippen LogP contribution in [-0.2, 0) is 0 Å². The maximum absolute atomic E-state index is 9.35. The summed E-state index contributed by atoms with van der Waals surface area (Å²) in [4.78, 5) is 1.25. The maximum Gasteiger partial charge on any atom is 0.156 e. The summed E-state index contributed by atoms with van der Waals surface area (Å²) in [7, 11) is 0. The third-order valence-electron chi connectivity index (χ3n) is 2.81. The fraction of sp³-hybridized carbons (Fsp3) is 0.250. The number of benzene rings is 2. The summed E-state index contributed by atoms with van der Waals surface area (Å²) in [5, 5.41) is 10.00. The van der Waals surface area contributed by atoms with Crippen LogP contribution in [0.3, 0.4) is 0 Å². The number of phenols is 1. The lowest BCUT2D eigenvalue weighted by atomic mass is 10.2. The zero-order chi connectivity index (χ0) is 15.2. The Labute approximate surface area is 139 Å². The molecular formula is C16H16Cl2O2S. The minimum Gasteiger partial charge on any atom is -0.508 e. The smallest absolute Gasteiger partial charge is 0.156 e. The fourth-order valence-electron chi connectivity index (χ4n) is 1.74. The predicted octanol–water partition coefficient (Wildman–Crippen LogP) is 5.57. The molecule has 0 spiro atoms. The predicted molar refractivity (Wildman–Crippen MR) is 90.1 cm³/mol. The van der Waals surface area contributed by atoms with E-state index in [1.807, 2.05) is 0 Å². The van der Waals surface area contributed by atoms with Crippen molar-refractivity contribution in [3.05, 3.63) is 52.0 Å². The third kappa shape index (κ3) is 5.03. The molecule has 0 fully saturated rings. The Hall–Kier alpha value is -1.03. The molecular weight excluding hydrogens is 327 g/mol. The molecule has 0 saturated carbocycles. The van der Waals surface area contributed by atoms with Crippen LogP contribution in [0.4, 0.5) is 0 Å². The van der Waals surface area contributed by atoms with E-state index in [9.17, 15) is 5.11 Å². The van der Waals surface area contributed by atoms with Crippen molar-refractivity contribution < 1.29 is 9.84 Å². The Morgan fingerprint density at radius 2 is 1.71 bits per heavy atom. The topological polar surface area (TPSA) is 29.5 Å². The Morgan fingerprint density at radius 3 is 2.33 bits per heavy atom. The molecule has 2 rings (SSSR count). The van der Waals surface area contributed by atoms with Gasteiger partial charge in [0.2, 0.25) is 0 Å². The second kappa shape index (κ2) is 7.83. The molecule has 0 aromatic heterocycles. The first-order chi connectivity index (χ1) is 10.1. The number of rotatable bonds is 6. The van der Waals surface area contributed by atoms with Crippen molar-refractivity contribution in [3.8, 4) is 11.5 Å². The van der Waals surface area contributed by atoms with E-state index in [2.05, 4.69) is 31.2 Å². The number of ether oxygens (including phenoxy) is 1. The Balaban J connectivity index is 1.76. The molecule has 0 heterocycles. The van der Waals surface area contributed by atoms with E-state index in [-0.39, 0.29) is 5.75 Å². The summed E-state index contributed by atoms with van der Waals surface area (Å²) < 4.78 is 5.59. The minimum absolute atomic E-state index is 0.0345. The van der Waals surface area contributed by atoms with Gasteiger partial charge in [-0.05, 0) is 25.5 Å².